The first-order valence-electron chi connectivity index (χ1n) is 5.63. The molecule has 1 heterocycles. The largest absolute Gasteiger partial charge is 0.313 e. The van der Waals surface area contributed by atoms with E-state index in [1.807, 2.05) is 31.2 Å². The van der Waals surface area contributed by atoms with Crippen LogP contribution in [-0.2, 0) is 7.05 Å². The summed E-state index contributed by atoms with van der Waals surface area (Å²) in [5.74, 6) is 0. The lowest BCUT2D eigenvalue weighted by Crippen LogP contribution is -2.11. The second-order valence-electron chi connectivity index (χ2n) is 4.03. The van der Waals surface area contributed by atoms with Crippen LogP contribution in [0.15, 0.2) is 46.5 Å². The van der Waals surface area contributed by atoms with E-state index in [-0.39, 0.29) is 0 Å². The molecular formula is C13H17N3S. The van der Waals surface area contributed by atoms with Gasteiger partial charge in [0.15, 0.2) is 0 Å². The molecular weight excluding hydrogens is 230 g/mol. The zero-order valence-electron chi connectivity index (χ0n) is 10.3. The lowest BCUT2D eigenvalue weighted by atomic mass is 10.1. The van der Waals surface area contributed by atoms with Gasteiger partial charge in [-0.1, -0.05) is 23.9 Å². The monoisotopic (exact) mass is 247 g/mol. The summed E-state index contributed by atoms with van der Waals surface area (Å²) in [5.41, 5.74) is 1.31. The molecule has 0 bridgehead atoms. The highest BCUT2D eigenvalue weighted by Crippen LogP contribution is 2.27. The first kappa shape index (κ1) is 12.2. The number of hydrogen-bond donors (Lipinski definition) is 1. The van der Waals surface area contributed by atoms with Crippen LogP contribution >= 0.6 is 11.8 Å². The normalized spacial score (nSPS) is 12.6. The Balaban J connectivity index is 2.08. The maximum absolute atomic E-state index is 4.16. The summed E-state index contributed by atoms with van der Waals surface area (Å²) in [6.07, 6.45) is 3.91. The second kappa shape index (κ2) is 5.38. The summed E-state index contributed by atoms with van der Waals surface area (Å²) in [6, 6.07) is 9.04. The molecule has 1 aromatic carbocycles. The van der Waals surface area contributed by atoms with E-state index in [4.69, 9.17) is 0 Å². The molecule has 0 fully saturated rings. The Labute approximate surface area is 106 Å². The highest BCUT2D eigenvalue weighted by Gasteiger charge is 2.03. The number of aromatic nitrogens is 2. The molecule has 1 N–H and O–H groups in total. The number of nitrogens with one attached hydrogen (secondary N) is 1. The van der Waals surface area contributed by atoms with Crippen molar-refractivity contribution in [3.05, 3.63) is 42.2 Å². The van der Waals surface area contributed by atoms with Gasteiger partial charge in [0.25, 0.3) is 0 Å². The van der Waals surface area contributed by atoms with Gasteiger partial charge >= 0.3 is 0 Å². The molecule has 0 saturated carbocycles. The lowest BCUT2D eigenvalue weighted by Gasteiger charge is -2.10. The van der Waals surface area contributed by atoms with Crippen molar-refractivity contribution in [3.63, 3.8) is 0 Å². The molecule has 2 rings (SSSR count). The molecule has 0 amide bonds. The van der Waals surface area contributed by atoms with E-state index in [1.54, 1.807) is 11.8 Å². The highest BCUT2D eigenvalue weighted by molar-refractivity contribution is 7.99. The number of hydrogen-bond acceptors (Lipinski definition) is 3. The molecule has 0 aliphatic heterocycles. The molecule has 1 atom stereocenters. The average Bonchev–Trinajstić information content (AvgIpc) is 2.75. The fourth-order valence-corrected chi connectivity index (χ4v) is 2.43. The van der Waals surface area contributed by atoms with Gasteiger partial charge < -0.3 is 5.32 Å². The number of nitrogens with zero attached hydrogens (tertiary/aromatic N) is 2. The smallest absolute Gasteiger partial charge is 0.0629 e. The zero-order valence-corrected chi connectivity index (χ0v) is 11.2. The van der Waals surface area contributed by atoms with Gasteiger partial charge in [0, 0.05) is 24.2 Å². The summed E-state index contributed by atoms with van der Waals surface area (Å²) < 4.78 is 1.82. The lowest BCUT2D eigenvalue weighted by molar-refractivity contribution is 0.652. The van der Waals surface area contributed by atoms with Crippen LogP contribution < -0.4 is 5.32 Å². The maximum Gasteiger partial charge on any atom is 0.0629 e. The third-order valence-corrected chi connectivity index (χ3v) is 3.68. The molecule has 17 heavy (non-hydrogen) atoms. The average molecular weight is 247 g/mol. The Morgan fingerprint density at radius 3 is 2.47 bits per heavy atom. The van der Waals surface area contributed by atoms with Crippen molar-refractivity contribution in [2.45, 2.75) is 22.8 Å². The quantitative estimate of drug-likeness (QED) is 0.901. The van der Waals surface area contributed by atoms with E-state index in [0.717, 1.165) is 0 Å². The Morgan fingerprint density at radius 1 is 1.24 bits per heavy atom. The predicted octanol–water partition coefficient (Wildman–Crippen LogP) is 2.85. The molecule has 4 heteroatoms. The minimum absolute atomic E-state index is 0.396. The third-order valence-electron chi connectivity index (χ3n) is 2.73. The third kappa shape index (κ3) is 3.11. The summed E-state index contributed by atoms with van der Waals surface area (Å²) in [5, 5.41) is 7.39. The number of rotatable bonds is 4. The van der Waals surface area contributed by atoms with Gasteiger partial charge in [-0.2, -0.15) is 5.10 Å². The summed E-state index contributed by atoms with van der Waals surface area (Å²) >= 11 is 1.73. The Kier molecular flexibility index (Phi) is 3.86. The van der Waals surface area contributed by atoms with E-state index >= 15 is 0 Å². The van der Waals surface area contributed by atoms with Gasteiger partial charge in [-0.05, 0) is 31.7 Å². The molecule has 1 aromatic heterocycles. The first-order valence-corrected chi connectivity index (χ1v) is 6.44. The Bertz CT molecular complexity index is 476. The van der Waals surface area contributed by atoms with Gasteiger partial charge in [-0.25, -0.2) is 0 Å². The minimum atomic E-state index is 0.396. The molecule has 2 aromatic rings. The number of aryl methyl sites for hydroxylation is 1. The highest BCUT2D eigenvalue weighted by atomic mass is 32.2. The van der Waals surface area contributed by atoms with E-state index in [0.29, 0.717) is 6.04 Å². The minimum Gasteiger partial charge on any atom is -0.313 e. The number of benzene rings is 1. The van der Waals surface area contributed by atoms with Gasteiger partial charge in [0.2, 0.25) is 0 Å². The molecule has 0 spiro atoms. The Morgan fingerprint density at radius 2 is 1.94 bits per heavy atom. The van der Waals surface area contributed by atoms with Crippen molar-refractivity contribution in [2.24, 2.45) is 7.05 Å². The van der Waals surface area contributed by atoms with Crippen LogP contribution in [0.2, 0.25) is 0 Å². The topological polar surface area (TPSA) is 29.9 Å². The van der Waals surface area contributed by atoms with E-state index in [9.17, 15) is 0 Å². The van der Waals surface area contributed by atoms with Crippen molar-refractivity contribution < 1.29 is 0 Å². The van der Waals surface area contributed by atoms with Crippen molar-refractivity contribution in [2.75, 3.05) is 7.05 Å². The Hall–Kier alpha value is -1.26. The van der Waals surface area contributed by atoms with Crippen molar-refractivity contribution in [1.82, 2.24) is 15.1 Å². The summed E-state index contributed by atoms with van der Waals surface area (Å²) in [4.78, 5) is 2.41. The zero-order chi connectivity index (χ0) is 12.3. The summed E-state index contributed by atoms with van der Waals surface area (Å²) in [7, 11) is 3.91. The molecule has 0 aliphatic rings. The van der Waals surface area contributed by atoms with Crippen LogP contribution in [-0.4, -0.2) is 16.8 Å². The fraction of sp³-hybridized carbons (Fsp3) is 0.308. The molecule has 1 unspecified atom stereocenters. The van der Waals surface area contributed by atoms with Crippen LogP contribution in [0.5, 0.6) is 0 Å². The van der Waals surface area contributed by atoms with Gasteiger partial charge in [0.05, 0.1) is 11.1 Å². The predicted molar refractivity (Wildman–Crippen MR) is 71.2 cm³/mol. The first-order chi connectivity index (χ1) is 8.19. The van der Waals surface area contributed by atoms with Crippen LogP contribution in [0.3, 0.4) is 0 Å². The second-order valence-corrected chi connectivity index (χ2v) is 5.18. The van der Waals surface area contributed by atoms with Crippen LogP contribution in [0.4, 0.5) is 0 Å². The van der Waals surface area contributed by atoms with E-state index in [2.05, 4.69) is 41.6 Å². The molecule has 90 valence electrons. The SMILES string of the molecule is CNC(C)c1ccc(Sc2cnn(C)c2)cc1. The molecule has 0 aliphatic carbocycles. The maximum atomic E-state index is 4.16. The van der Waals surface area contributed by atoms with Gasteiger partial charge in [0.1, 0.15) is 0 Å². The van der Waals surface area contributed by atoms with Crippen LogP contribution in [0.25, 0.3) is 0 Å². The van der Waals surface area contributed by atoms with Crippen LogP contribution in [0.1, 0.15) is 18.5 Å². The standard InChI is InChI=1S/C13H17N3S/c1-10(14-2)11-4-6-12(7-5-11)17-13-8-15-16(3)9-13/h4-10,14H,1-3H3. The van der Waals surface area contributed by atoms with Crippen LogP contribution in [0, 0.1) is 0 Å². The molecule has 0 radical (unpaired) electrons. The van der Waals surface area contributed by atoms with E-state index in [1.165, 1.54) is 15.4 Å². The van der Waals surface area contributed by atoms with Crippen molar-refractivity contribution in [3.8, 4) is 0 Å². The summed E-state index contributed by atoms with van der Waals surface area (Å²) in [6.45, 7) is 2.16. The fourth-order valence-electron chi connectivity index (χ4n) is 1.58. The van der Waals surface area contributed by atoms with Gasteiger partial charge in [-0.15, -0.1) is 0 Å². The van der Waals surface area contributed by atoms with Crippen molar-refractivity contribution in [1.29, 1.82) is 0 Å². The molecule has 3 nitrogen and oxygen atoms in total. The van der Waals surface area contributed by atoms with Crippen molar-refractivity contribution >= 4 is 11.8 Å². The molecule has 0 saturated heterocycles. The van der Waals surface area contributed by atoms with E-state index < -0.39 is 0 Å². The van der Waals surface area contributed by atoms with Gasteiger partial charge in [-0.3, -0.25) is 4.68 Å².